The Morgan fingerprint density at radius 1 is 1.36 bits per heavy atom. The van der Waals surface area contributed by atoms with Gasteiger partial charge in [-0.3, -0.25) is 4.79 Å². The second-order valence-electron chi connectivity index (χ2n) is 2.97. The summed E-state index contributed by atoms with van der Waals surface area (Å²) in [7, 11) is 0. The first-order chi connectivity index (χ1) is 6.27. The number of hydrogen-bond acceptors (Lipinski definition) is 3. The molecule has 2 rings (SSSR count). The number of ether oxygens (including phenoxy) is 2. The third-order valence-corrected chi connectivity index (χ3v) is 1.96. The standard InChI is InChI=1S/C10H10O3.CH4/c1-7(11)10-6-12-8-4-2-3-5-9(8)13-10;/h2-5,10H,6H2,1H3;1H4. The van der Waals surface area contributed by atoms with Crippen molar-refractivity contribution in [3.05, 3.63) is 24.3 Å². The van der Waals surface area contributed by atoms with E-state index in [0.717, 1.165) is 0 Å². The molecule has 3 nitrogen and oxygen atoms in total. The molecule has 0 spiro atoms. The minimum Gasteiger partial charge on any atom is -0.485 e. The third kappa shape index (κ3) is 1.87. The number of carbonyl (C=O) groups excluding carboxylic acids is 1. The second-order valence-corrected chi connectivity index (χ2v) is 2.97. The molecular formula is C11H14O3. The van der Waals surface area contributed by atoms with Gasteiger partial charge in [-0.15, -0.1) is 0 Å². The molecule has 1 atom stereocenters. The Morgan fingerprint density at radius 2 is 2.00 bits per heavy atom. The topological polar surface area (TPSA) is 35.5 Å². The molecule has 3 heteroatoms. The molecule has 1 aromatic rings. The van der Waals surface area contributed by atoms with Crippen LogP contribution in [-0.4, -0.2) is 18.5 Å². The fraction of sp³-hybridized carbons (Fsp3) is 0.364. The van der Waals surface area contributed by atoms with E-state index >= 15 is 0 Å². The predicted molar refractivity (Wildman–Crippen MR) is 53.8 cm³/mol. The van der Waals surface area contributed by atoms with Crippen molar-refractivity contribution in [2.24, 2.45) is 0 Å². The van der Waals surface area contributed by atoms with Crippen LogP contribution in [0.15, 0.2) is 24.3 Å². The van der Waals surface area contributed by atoms with Gasteiger partial charge in [0.15, 0.2) is 23.4 Å². The van der Waals surface area contributed by atoms with Crippen LogP contribution in [0.5, 0.6) is 11.5 Å². The number of carbonyl (C=O) groups is 1. The Labute approximate surface area is 83.6 Å². The second kappa shape index (κ2) is 4.13. The van der Waals surface area contributed by atoms with Crippen LogP contribution in [0.25, 0.3) is 0 Å². The lowest BCUT2D eigenvalue weighted by Crippen LogP contribution is -2.34. The molecule has 1 aromatic carbocycles. The minimum absolute atomic E-state index is 0. The van der Waals surface area contributed by atoms with Crippen LogP contribution in [0.2, 0.25) is 0 Å². The average Bonchev–Trinajstić information content (AvgIpc) is 2.17. The highest BCUT2D eigenvalue weighted by atomic mass is 16.6. The first-order valence-corrected chi connectivity index (χ1v) is 4.16. The number of fused-ring (bicyclic) bond motifs is 1. The molecule has 0 amide bonds. The molecule has 0 aromatic heterocycles. The Morgan fingerprint density at radius 3 is 2.64 bits per heavy atom. The smallest absolute Gasteiger partial charge is 0.190 e. The Hall–Kier alpha value is -1.51. The Bertz CT molecular complexity index is 333. The molecule has 1 aliphatic heterocycles. The van der Waals surface area contributed by atoms with Crippen molar-refractivity contribution in [3.8, 4) is 11.5 Å². The molecule has 0 N–H and O–H groups in total. The van der Waals surface area contributed by atoms with Crippen LogP contribution in [0, 0.1) is 0 Å². The van der Waals surface area contributed by atoms with Crippen molar-refractivity contribution in [1.29, 1.82) is 0 Å². The van der Waals surface area contributed by atoms with Crippen LogP contribution < -0.4 is 9.47 Å². The summed E-state index contributed by atoms with van der Waals surface area (Å²) in [4.78, 5) is 11.0. The zero-order valence-corrected chi connectivity index (χ0v) is 7.32. The highest BCUT2D eigenvalue weighted by molar-refractivity contribution is 5.81. The molecule has 0 fully saturated rings. The SMILES string of the molecule is C.CC(=O)C1COc2ccccc2O1. The number of Topliss-reactive ketones (excluding diaryl/α,β-unsaturated/α-hetero) is 1. The highest BCUT2D eigenvalue weighted by Crippen LogP contribution is 2.30. The lowest BCUT2D eigenvalue weighted by molar-refractivity contribution is -0.125. The number of para-hydroxylation sites is 2. The van der Waals surface area contributed by atoms with Gasteiger partial charge >= 0.3 is 0 Å². The van der Waals surface area contributed by atoms with E-state index in [9.17, 15) is 4.79 Å². The number of rotatable bonds is 1. The molecule has 76 valence electrons. The minimum atomic E-state index is -0.449. The molecule has 0 radical (unpaired) electrons. The maximum Gasteiger partial charge on any atom is 0.190 e. The van der Waals surface area contributed by atoms with Crippen LogP contribution >= 0.6 is 0 Å². The normalized spacial score (nSPS) is 18.2. The van der Waals surface area contributed by atoms with Crippen molar-refractivity contribution in [2.45, 2.75) is 20.5 Å². The van der Waals surface area contributed by atoms with E-state index < -0.39 is 6.10 Å². The largest absolute Gasteiger partial charge is 0.485 e. The summed E-state index contributed by atoms with van der Waals surface area (Å²) in [6.07, 6.45) is -0.449. The van der Waals surface area contributed by atoms with Crippen LogP contribution in [-0.2, 0) is 4.79 Å². The lowest BCUT2D eigenvalue weighted by Gasteiger charge is -2.24. The van der Waals surface area contributed by atoms with Gasteiger partial charge in [-0.25, -0.2) is 0 Å². The van der Waals surface area contributed by atoms with Gasteiger partial charge in [0, 0.05) is 0 Å². The molecule has 14 heavy (non-hydrogen) atoms. The van der Waals surface area contributed by atoms with Crippen molar-refractivity contribution in [2.75, 3.05) is 6.61 Å². The molecule has 0 saturated carbocycles. The predicted octanol–water partition coefficient (Wildman–Crippen LogP) is 2.05. The van der Waals surface area contributed by atoms with E-state index in [2.05, 4.69) is 0 Å². The van der Waals surface area contributed by atoms with E-state index in [1.807, 2.05) is 18.2 Å². The number of benzene rings is 1. The zero-order valence-electron chi connectivity index (χ0n) is 7.32. The summed E-state index contributed by atoms with van der Waals surface area (Å²) in [5.41, 5.74) is 0. The molecule has 1 aliphatic rings. The molecule has 0 saturated heterocycles. The summed E-state index contributed by atoms with van der Waals surface area (Å²) in [5, 5.41) is 0. The van der Waals surface area contributed by atoms with Crippen LogP contribution in [0.1, 0.15) is 14.4 Å². The monoisotopic (exact) mass is 194 g/mol. The quantitative estimate of drug-likeness (QED) is 0.686. The summed E-state index contributed by atoms with van der Waals surface area (Å²) in [6.45, 7) is 1.81. The third-order valence-electron chi connectivity index (χ3n) is 1.96. The molecule has 0 bridgehead atoms. The van der Waals surface area contributed by atoms with Gasteiger partial charge in [-0.1, -0.05) is 19.6 Å². The molecule has 0 aliphatic carbocycles. The van der Waals surface area contributed by atoms with Gasteiger partial charge in [0.1, 0.15) is 6.61 Å². The maximum atomic E-state index is 11.0. The highest BCUT2D eigenvalue weighted by Gasteiger charge is 2.23. The van der Waals surface area contributed by atoms with Crippen molar-refractivity contribution < 1.29 is 14.3 Å². The Balaban J connectivity index is 0.000000980. The molecule has 1 unspecified atom stereocenters. The van der Waals surface area contributed by atoms with E-state index in [4.69, 9.17) is 9.47 Å². The van der Waals surface area contributed by atoms with Crippen molar-refractivity contribution >= 4 is 5.78 Å². The maximum absolute atomic E-state index is 11.0. The summed E-state index contributed by atoms with van der Waals surface area (Å²) < 4.78 is 10.8. The van der Waals surface area contributed by atoms with Gasteiger partial charge in [0.2, 0.25) is 0 Å². The van der Waals surface area contributed by atoms with Gasteiger partial charge in [0.25, 0.3) is 0 Å². The van der Waals surface area contributed by atoms with E-state index in [-0.39, 0.29) is 13.2 Å². The zero-order chi connectivity index (χ0) is 9.26. The van der Waals surface area contributed by atoms with Gasteiger partial charge in [-0.05, 0) is 19.1 Å². The van der Waals surface area contributed by atoms with Crippen molar-refractivity contribution in [3.63, 3.8) is 0 Å². The fourth-order valence-electron chi connectivity index (χ4n) is 1.22. The summed E-state index contributed by atoms with van der Waals surface area (Å²) in [5.74, 6) is 1.35. The lowest BCUT2D eigenvalue weighted by atomic mass is 10.2. The van der Waals surface area contributed by atoms with Gasteiger partial charge in [0.05, 0.1) is 0 Å². The molecular weight excluding hydrogens is 180 g/mol. The van der Waals surface area contributed by atoms with E-state index in [1.54, 1.807) is 6.07 Å². The van der Waals surface area contributed by atoms with Crippen LogP contribution in [0.4, 0.5) is 0 Å². The first kappa shape index (κ1) is 10.6. The van der Waals surface area contributed by atoms with Gasteiger partial charge < -0.3 is 9.47 Å². The van der Waals surface area contributed by atoms with E-state index in [1.165, 1.54) is 6.92 Å². The Kier molecular flexibility index (Phi) is 3.12. The number of hydrogen-bond donors (Lipinski definition) is 0. The van der Waals surface area contributed by atoms with Crippen molar-refractivity contribution in [1.82, 2.24) is 0 Å². The van der Waals surface area contributed by atoms with Crippen LogP contribution in [0.3, 0.4) is 0 Å². The first-order valence-electron chi connectivity index (χ1n) is 4.16. The number of ketones is 1. The summed E-state index contributed by atoms with van der Waals surface area (Å²) >= 11 is 0. The fourth-order valence-corrected chi connectivity index (χ4v) is 1.22. The van der Waals surface area contributed by atoms with Gasteiger partial charge in [-0.2, -0.15) is 0 Å². The summed E-state index contributed by atoms with van der Waals surface area (Å²) in [6, 6.07) is 7.34. The van der Waals surface area contributed by atoms with E-state index in [0.29, 0.717) is 18.1 Å². The molecule has 1 heterocycles. The average molecular weight is 194 g/mol.